The van der Waals surface area contributed by atoms with Crippen LogP contribution in [-0.4, -0.2) is 53.6 Å². The van der Waals surface area contributed by atoms with Crippen molar-refractivity contribution in [1.29, 1.82) is 0 Å². The van der Waals surface area contributed by atoms with Crippen LogP contribution in [0.5, 0.6) is 5.75 Å². The van der Waals surface area contributed by atoms with Gasteiger partial charge in [-0.1, -0.05) is 37.7 Å². The summed E-state index contributed by atoms with van der Waals surface area (Å²) >= 11 is 1.21. The van der Waals surface area contributed by atoms with Crippen LogP contribution in [0.4, 0.5) is 0 Å². The fraction of sp³-hybridized carbons (Fsp3) is 0.333. The zero-order valence-electron chi connectivity index (χ0n) is 17.9. The van der Waals surface area contributed by atoms with Crippen molar-refractivity contribution in [1.82, 2.24) is 13.9 Å². The number of imidazole rings is 1. The number of sulfonamides is 1. The van der Waals surface area contributed by atoms with Crippen molar-refractivity contribution in [3.8, 4) is 11.4 Å². The Labute approximate surface area is 186 Å². The molecule has 31 heavy (non-hydrogen) atoms. The molecule has 2 aromatic carbocycles. The van der Waals surface area contributed by atoms with E-state index in [1.807, 2.05) is 28.8 Å². The Hall–Kier alpha value is -2.56. The first-order valence-corrected chi connectivity index (χ1v) is 12.2. The van der Waals surface area contributed by atoms with Crippen LogP contribution in [0.15, 0.2) is 52.5 Å². The van der Waals surface area contributed by atoms with Gasteiger partial charge in [-0.2, -0.15) is 4.31 Å². The van der Waals surface area contributed by atoms with Crippen LogP contribution in [0.2, 0.25) is 0 Å². The quantitative estimate of drug-likeness (QED) is 0.490. The Morgan fingerprint density at radius 2 is 1.90 bits per heavy atom. The first-order chi connectivity index (χ1) is 14.7. The molecule has 0 aliphatic heterocycles. The van der Waals surface area contributed by atoms with Gasteiger partial charge in [-0.15, -0.1) is 0 Å². The van der Waals surface area contributed by atoms with Gasteiger partial charge in [0.05, 0.1) is 34.0 Å². The highest BCUT2D eigenvalue weighted by atomic mass is 32.2. The van der Waals surface area contributed by atoms with Crippen molar-refractivity contribution in [3.05, 3.63) is 42.5 Å². The average Bonchev–Trinajstić information content (AvgIpc) is 3.11. The fourth-order valence-electron chi connectivity index (χ4n) is 3.25. The second-order valence-corrected chi connectivity index (χ2v) is 10.0. The Bertz CT molecular complexity index is 1200. The third-order valence-electron chi connectivity index (χ3n) is 4.95. The number of hydrogen-bond acceptors (Lipinski definition) is 6. The summed E-state index contributed by atoms with van der Waals surface area (Å²) in [4.78, 5) is 16.5. The number of nitrogens with zero attached hydrogens (tertiary/aromatic N) is 3. The van der Waals surface area contributed by atoms with Crippen LogP contribution < -0.4 is 10.5 Å². The highest BCUT2D eigenvalue weighted by Crippen LogP contribution is 2.35. The molecule has 0 spiro atoms. The summed E-state index contributed by atoms with van der Waals surface area (Å²) in [5, 5.41) is -0.00710. The van der Waals surface area contributed by atoms with Crippen molar-refractivity contribution in [2.75, 3.05) is 20.2 Å². The van der Waals surface area contributed by atoms with Crippen molar-refractivity contribution in [2.24, 2.45) is 5.73 Å². The number of thioether (sulfide) groups is 1. The SMILES string of the molecule is CCN(CC)S(=O)(=O)c1ccc2c(c1)nc(SC(C)C(N)=O)n2-c1ccccc1OC. The Balaban J connectivity index is 2.24. The summed E-state index contributed by atoms with van der Waals surface area (Å²) < 4.78 is 34.7. The van der Waals surface area contributed by atoms with Crippen LogP contribution in [-0.2, 0) is 14.8 Å². The van der Waals surface area contributed by atoms with Crippen molar-refractivity contribution in [3.63, 3.8) is 0 Å². The standard InChI is InChI=1S/C21H26N4O4S2/c1-5-24(6-2)31(27,28)15-11-12-17-16(13-15)23-21(30-14(3)20(22)26)25(17)18-9-7-8-10-19(18)29-4/h7-14H,5-6H2,1-4H3,(H2,22,26). The first kappa shape index (κ1) is 23.1. The highest BCUT2D eigenvalue weighted by Gasteiger charge is 2.25. The van der Waals surface area contributed by atoms with Gasteiger partial charge in [0.2, 0.25) is 15.9 Å². The van der Waals surface area contributed by atoms with Gasteiger partial charge in [-0.3, -0.25) is 9.36 Å². The number of carbonyl (C=O) groups is 1. The van der Waals surface area contributed by atoms with Gasteiger partial charge in [0, 0.05) is 13.1 Å². The molecule has 0 fully saturated rings. The number of methoxy groups -OCH3 is 1. The summed E-state index contributed by atoms with van der Waals surface area (Å²) in [6, 6.07) is 12.3. The third kappa shape index (κ3) is 4.41. The summed E-state index contributed by atoms with van der Waals surface area (Å²) in [5.41, 5.74) is 7.38. The second-order valence-electron chi connectivity index (χ2n) is 6.80. The highest BCUT2D eigenvalue weighted by molar-refractivity contribution is 8.00. The molecule has 0 saturated carbocycles. The minimum absolute atomic E-state index is 0.174. The molecule has 1 aromatic heterocycles. The van der Waals surface area contributed by atoms with Crippen LogP contribution in [0.3, 0.4) is 0 Å². The zero-order valence-corrected chi connectivity index (χ0v) is 19.5. The number of nitrogens with two attached hydrogens (primary N) is 1. The maximum Gasteiger partial charge on any atom is 0.243 e. The van der Waals surface area contributed by atoms with Gasteiger partial charge in [0.1, 0.15) is 5.75 Å². The molecule has 10 heteroatoms. The van der Waals surface area contributed by atoms with Crippen LogP contribution in [0.1, 0.15) is 20.8 Å². The largest absolute Gasteiger partial charge is 0.495 e. The molecule has 3 rings (SSSR count). The predicted octanol–water partition coefficient (Wildman–Crippen LogP) is 3.03. The van der Waals surface area contributed by atoms with Gasteiger partial charge in [0.15, 0.2) is 5.16 Å². The third-order valence-corrected chi connectivity index (χ3v) is 8.06. The lowest BCUT2D eigenvalue weighted by atomic mass is 10.2. The number of para-hydroxylation sites is 2. The van der Waals surface area contributed by atoms with Gasteiger partial charge in [0.25, 0.3) is 0 Å². The number of carbonyl (C=O) groups excluding carboxylic acids is 1. The molecule has 0 saturated heterocycles. The fourth-order valence-corrected chi connectivity index (χ4v) is 5.62. The molecule has 1 unspecified atom stereocenters. The molecule has 8 nitrogen and oxygen atoms in total. The van der Waals surface area contributed by atoms with E-state index in [-0.39, 0.29) is 4.90 Å². The predicted molar refractivity (Wildman–Crippen MR) is 122 cm³/mol. The molecular weight excluding hydrogens is 436 g/mol. The molecule has 1 heterocycles. The molecule has 0 aliphatic carbocycles. The Morgan fingerprint density at radius 3 is 2.52 bits per heavy atom. The second kappa shape index (κ2) is 9.29. The molecular formula is C21H26N4O4S2. The molecule has 0 aliphatic rings. The lowest BCUT2D eigenvalue weighted by Crippen LogP contribution is -2.30. The van der Waals surface area contributed by atoms with E-state index in [0.717, 1.165) is 5.69 Å². The molecule has 1 atom stereocenters. The van der Waals surface area contributed by atoms with E-state index in [4.69, 9.17) is 10.5 Å². The number of amides is 1. The lowest BCUT2D eigenvalue weighted by Gasteiger charge is -2.18. The van der Waals surface area contributed by atoms with E-state index >= 15 is 0 Å². The number of aromatic nitrogens is 2. The minimum atomic E-state index is -3.63. The molecule has 3 aromatic rings. The summed E-state index contributed by atoms with van der Waals surface area (Å²) in [7, 11) is -2.06. The number of ether oxygens (including phenoxy) is 1. The van der Waals surface area contributed by atoms with E-state index in [2.05, 4.69) is 4.98 Å². The number of primary amides is 1. The van der Waals surface area contributed by atoms with E-state index in [1.165, 1.54) is 16.1 Å². The first-order valence-electron chi connectivity index (χ1n) is 9.86. The monoisotopic (exact) mass is 462 g/mol. The molecule has 0 bridgehead atoms. The maximum atomic E-state index is 13.0. The normalized spacial score (nSPS) is 12.9. The van der Waals surface area contributed by atoms with Crippen LogP contribution >= 0.6 is 11.8 Å². The maximum absolute atomic E-state index is 13.0. The Morgan fingerprint density at radius 1 is 1.23 bits per heavy atom. The zero-order chi connectivity index (χ0) is 22.8. The summed E-state index contributed by atoms with van der Waals surface area (Å²) in [6.07, 6.45) is 0. The molecule has 1 amide bonds. The molecule has 0 radical (unpaired) electrons. The van der Waals surface area contributed by atoms with Crippen molar-refractivity contribution in [2.45, 2.75) is 36.1 Å². The minimum Gasteiger partial charge on any atom is -0.495 e. The van der Waals surface area contributed by atoms with E-state index in [0.29, 0.717) is 35.0 Å². The smallest absolute Gasteiger partial charge is 0.243 e. The van der Waals surface area contributed by atoms with Crippen molar-refractivity contribution >= 4 is 38.7 Å². The topological polar surface area (TPSA) is 108 Å². The number of rotatable bonds is 9. The van der Waals surface area contributed by atoms with Gasteiger partial charge in [-0.25, -0.2) is 13.4 Å². The van der Waals surface area contributed by atoms with E-state index < -0.39 is 21.2 Å². The van der Waals surface area contributed by atoms with Gasteiger partial charge in [-0.05, 0) is 37.3 Å². The molecule has 2 N–H and O–H groups in total. The van der Waals surface area contributed by atoms with Crippen LogP contribution in [0, 0.1) is 0 Å². The van der Waals surface area contributed by atoms with E-state index in [1.54, 1.807) is 46.1 Å². The van der Waals surface area contributed by atoms with E-state index in [9.17, 15) is 13.2 Å². The van der Waals surface area contributed by atoms with Crippen molar-refractivity contribution < 1.29 is 17.9 Å². The van der Waals surface area contributed by atoms with Gasteiger partial charge >= 0.3 is 0 Å². The Kier molecular flexibility index (Phi) is 6.93. The lowest BCUT2D eigenvalue weighted by molar-refractivity contribution is -0.117. The number of fused-ring (bicyclic) bond motifs is 1. The summed E-state index contributed by atoms with van der Waals surface area (Å²) in [6.45, 7) is 6.06. The number of hydrogen-bond donors (Lipinski definition) is 1. The van der Waals surface area contributed by atoms with Gasteiger partial charge < -0.3 is 10.5 Å². The average molecular weight is 463 g/mol. The van der Waals surface area contributed by atoms with Crippen LogP contribution in [0.25, 0.3) is 16.7 Å². The summed E-state index contributed by atoms with van der Waals surface area (Å²) in [5.74, 6) is 0.156. The number of benzene rings is 2. The molecule has 166 valence electrons.